The van der Waals surface area contributed by atoms with Gasteiger partial charge in [-0.3, -0.25) is 4.79 Å². The molecule has 0 saturated heterocycles. The van der Waals surface area contributed by atoms with E-state index in [1.165, 1.54) is 7.05 Å². The standard InChI is InChI=1S/C15H13BrF2N2O/c1-19-14-12(17)6-10(7-13(14)18)15(21)20-8-9-3-2-4-11(16)5-9/h2-7,19H,8H2,1H3,(H,20,21). The molecule has 0 radical (unpaired) electrons. The van der Waals surface area contributed by atoms with Crippen LogP contribution < -0.4 is 10.6 Å². The molecule has 2 N–H and O–H groups in total. The molecule has 1 amide bonds. The van der Waals surface area contributed by atoms with Crippen LogP contribution in [0.1, 0.15) is 15.9 Å². The first-order valence-electron chi connectivity index (χ1n) is 6.20. The van der Waals surface area contributed by atoms with Gasteiger partial charge in [0.25, 0.3) is 5.91 Å². The predicted octanol–water partition coefficient (Wildman–Crippen LogP) is 3.70. The van der Waals surface area contributed by atoms with Gasteiger partial charge in [0.15, 0.2) is 0 Å². The summed E-state index contributed by atoms with van der Waals surface area (Å²) in [5, 5.41) is 5.03. The fraction of sp³-hybridized carbons (Fsp3) is 0.133. The summed E-state index contributed by atoms with van der Waals surface area (Å²) in [6.07, 6.45) is 0. The summed E-state index contributed by atoms with van der Waals surface area (Å²) in [4.78, 5) is 11.9. The molecule has 3 nitrogen and oxygen atoms in total. The highest BCUT2D eigenvalue weighted by molar-refractivity contribution is 9.10. The van der Waals surface area contributed by atoms with Gasteiger partial charge in [0.2, 0.25) is 0 Å². The van der Waals surface area contributed by atoms with E-state index in [9.17, 15) is 13.6 Å². The van der Waals surface area contributed by atoms with Crippen LogP contribution in [0.2, 0.25) is 0 Å². The molecule has 110 valence electrons. The van der Waals surface area contributed by atoms with E-state index in [0.29, 0.717) is 0 Å². The number of carbonyl (C=O) groups excluding carboxylic acids is 1. The lowest BCUT2D eigenvalue weighted by molar-refractivity contribution is 0.0950. The Labute approximate surface area is 129 Å². The van der Waals surface area contributed by atoms with Crippen LogP contribution in [0.15, 0.2) is 40.9 Å². The summed E-state index contributed by atoms with van der Waals surface area (Å²) in [6, 6.07) is 9.41. The van der Waals surface area contributed by atoms with Gasteiger partial charge in [0.1, 0.15) is 17.3 Å². The highest BCUT2D eigenvalue weighted by atomic mass is 79.9. The quantitative estimate of drug-likeness (QED) is 0.878. The summed E-state index contributed by atoms with van der Waals surface area (Å²) >= 11 is 3.33. The van der Waals surface area contributed by atoms with Gasteiger partial charge in [-0.25, -0.2) is 8.78 Å². The number of hydrogen-bond donors (Lipinski definition) is 2. The molecule has 0 atom stereocenters. The number of rotatable bonds is 4. The fourth-order valence-electron chi connectivity index (χ4n) is 1.87. The van der Waals surface area contributed by atoms with Crippen molar-refractivity contribution in [2.24, 2.45) is 0 Å². The van der Waals surface area contributed by atoms with Crippen LogP contribution in [0.4, 0.5) is 14.5 Å². The molecule has 6 heteroatoms. The van der Waals surface area contributed by atoms with Crippen molar-refractivity contribution in [1.29, 1.82) is 0 Å². The number of halogens is 3. The first kappa shape index (κ1) is 15.4. The van der Waals surface area contributed by atoms with Crippen molar-refractivity contribution in [3.8, 4) is 0 Å². The molecule has 0 heterocycles. The van der Waals surface area contributed by atoms with Crippen LogP contribution in [0.5, 0.6) is 0 Å². The normalized spacial score (nSPS) is 10.3. The number of anilines is 1. The van der Waals surface area contributed by atoms with Crippen LogP contribution >= 0.6 is 15.9 Å². The molecule has 21 heavy (non-hydrogen) atoms. The lowest BCUT2D eigenvalue weighted by Gasteiger charge is -2.09. The monoisotopic (exact) mass is 354 g/mol. The van der Waals surface area contributed by atoms with E-state index in [-0.39, 0.29) is 17.8 Å². The highest BCUT2D eigenvalue weighted by Crippen LogP contribution is 2.20. The smallest absolute Gasteiger partial charge is 0.251 e. The van der Waals surface area contributed by atoms with Crippen molar-refractivity contribution in [2.45, 2.75) is 6.54 Å². The third-order valence-corrected chi connectivity index (χ3v) is 3.39. The molecule has 0 bridgehead atoms. The Morgan fingerprint density at radius 3 is 2.43 bits per heavy atom. The van der Waals surface area contributed by atoms with Crippen molar-refractivity contribution in [2.75, 3.05) is 12.4 Å². The Bertz CT molecular complexity index is 653. The van der Waals surface area contributed by atoms with Crippen molar-refractivity contribution in [3.05, 3.63) is 63.6 Å². The van der Waals surface area contributed by atoms with E-state index in [1.54, 1.807) is 0 Å². The lowest BCUT2D eigenvalue weighted by atomic mass is 10.1. The Morgan fingerprint density at radius 2 is 1.86 bits per heavy atom. The van der Waals surface area contributed by atoms with Gasteiger partial charge in [-0.1, -0.05) is 28.1 Å². The van der Waals surface area contributed by atoms with Crippen LogP contribution in [-0.2, 0) is 6.54 Å². The zero-order valence-corrected chi connectivity index (χ0v) is 12.8. The number of nitrogens with one attached hydrogen (secondary N) is 2. The van der Waals surface area contributed by atoms with Gasteiger partial charge in [-0.15, -0.1) is 0 Å². The molecule has 0 fully saturated rings. The average molecular weight is 355 g/mol. The molecular formula is C15H13BrF2N2O. The zero-order chi connectivity index (χ0) is 15.4. The topological polar surface area (TPSA) is 41.1 Å². The maximum atomic E-state index is 13.6. The molecule has 0 aliphatic carbocycles. The molecule has 2 rings (SSSR count). The molecule has 0 aliphatic rings. The number of hydrogen-bond acceptors (Lipinski definition) is 2. The fourth-order valence-corrected chi connectivity index (χ4v) is 2.32. The summed E-state index contributed by atoms with van der Waals surface area (Å²) in [6.45, 7) is 0.273. The summed E-state index contributed by atoms with van der Waals surface area (Å²) in [5.74, 6) is -2.13. The average Bonchev–Trinajstić information content (AvgIpc) is 2.44. The summed E-state index contributed by atoms with van der Waals surface area (Å²) in [7, 11) is 1.41. The maximum Gasteiger partial charge on any atom is 0.251 e. The van der Waals surface area contributed by atoms with Crippen LogP contribution in [0.3, 0.4) is 0 Å². The molecule has 0 saturated carbocycles. The van der Waals surface area contributed by atoms with Crippen molar-refractivity contribution in [3.63, 3.8) is 0 Å². The van der Waals surface area contributed by atoms with Crippen molar-refractivity contribution in [1.82, 2.24) is 5.32 Å². The van der Waals surface area contributed by atoms with Gasteiger partial charge in [-0.05, 0) is 29.8 Å². The maximum absolute atomic E-state index is 13.6. The van der Waals surface area contributed by atoms with E-state index < -0.39 is 17.5 Å². The number of amides is 1. The molecule has 0 unspecified atom stereocenters. The molecule has 0 aromatic heterocycles. The summed E-state index contributed by atoms with van der Waals surface area (Å²) < 4.78 is 28.1. The Hall–Kier alpha value is -1.95. The van der Waals surface area contributed by atoms with Crippen LogP contribution in [0.25, 0.3) is 0 Å². The van der Waals surface area contributed by atoms with Gasteiger partial charge in [0.05, 0.1) is 0 Å². The first-order chi connectivity index (χ1) is 10.0. The molecule has 0 spiro atoms. The second-order valence-corrected chi connectivity index (χ2v) is 5.29. The van der Waals surface area contributed by atoms with E-state index >= 15 is 0 Å². The lowest BCUT2D eigenvalue weighted by Crippen LogP contribution is -2.23. The Morgan fingerprint density at radius 1 is 1.19 bits per heavy atom. The second kappa shape index (κ2) is 6.67. The third kappa shape index (κ3) is 3.78. The van der Waals surface area contributed by atoms with Crippen LogP contribution in [-0.4, -0.2) is 13.0 Å². The van der Waals surface area contributed by atoms with E-state index in [4.69, 9.17) is 0 Å². The Balaban J connectivity index is 2.10. The summed E-state index contributed by atoms with van der Waals surface area (Å²) in [5.41, 5.74) is 0.572. The third-order valence-electron chi connectivity index (χ3n) is 2.90. The molecule has 0 aliphatic heterocycles. The van der Waals surface area contributed by atoms with E-state index in [1.807, 2.05) is 24.3 Å². The van der Waals surface area contributed by atoms with Crippen molar-refractivity contribution >= 4 is 27.5 Å². The predicted molar refractivity (Wildman–Crippen MR) is 81.2 cm³/mol. The van der Waals surface area contributed by atoms with Gasteiger partial charge in [-0.2, -0.15) is 0 Å². The number of carbonyl (C=O) groups is 1. The van der Waals surface area contributed by atoms with Crippen LogP contribution in [0, 0.1) is 11.6 Å². The minimum atomic E-state index is -0.801. The van der Waals surface area contributed by atoms with E-state index in [2.05, 4.69) is 26.6 Å². The Kier molecular flexibility index (Phi) is 4.90. The number of benzene rings is 2. The minimum absolute atomic E-state index is 0.0565. The zero-order valence-electron chi connectivity index (χ0n) is 11.2. The molecule has 2 aromatic rings. The highest BCUT2D eigenvalue weighted by Gasteiger charge is 2.14. The largest absolute Gasteiger partial charge is 0.383 e. The first-order valence-corrected chi connectivity index (χ1v) is 7.00. The van der Waals surface area contributed by atoms with Gasteiger partial charge >= 0.3 is 0 Å². The molecule has 2 aromatic carbocycles. The SMILES string of the molecule is CNc1c(F)cc(C(=O)NCc2cccc(Br)c2)cc1F. The van der Waals surface area contributed by atoms with Crippen molar-refractivity contribution < 1.29 is 13.6 Å². The van der Waals surface area contributed by atoms with E-state index in [0.717, 1.165) is 22.2 Å². The minimum Gasteiger partial charge on any atom is -0.383 e. The van der Waals surface area contributed by atoms with Gasteiger partial charge < -0.3 is 10.6 Å². The van der Waals surface area contributed by atoms with Gasteiger partial charge in [0, 0.05) is 23.6 Å². The molecular weight excluding hydrogens is 342 g/mol. The second-order valence-electron chi connectivity index (χ2n) is 4.38.